The Kier molecular flexibility index (Phi) is 5.37. The summed E-state index contributed by atoms with van der Waals surface area (Å²) in [5.74, 6) is -0.821. The largest absolute Gasteiger partial charge is 0.480 e. The lowest BCUT2D eigenvalue weighted by Crippen LogP contribution is -2.52. The van der Waals surface area contributed by atoms with Gasteiger partial charge in [-0.1, -0.05) is 6.07 Å². The Bertz CT molecular complexity index is 442. The second-order valence-corrected chi connectivity index (χ2v) is 5.75. The number of carbonyl (C=O) groups is 2. The zero-order chi connectivity index (χ0) is 14.4. The van der Waals surface area contributed by atoms with Gasteiger partial charge in [0, 0.05) is 37.6 Å². The number of urea groups is 1. The van der Waals surface area contributed by atoms with Gasteiger partial charge in [0.05, 0.1) is 6.54 Å². The fraction of sp³-hybridized carbons (Fsp3) is 0.538. The molecule has 1 aromatic heterocycles. The molecule has 0 atom stereocenters. The molecule has 110 valence electrons. The van der Waals surface area contributed by atoms with Gasteiger partial charge in [-0.3, -0.25) is 9.69 Å². The van der Waals surface area contributed by atoms with Crippen molar-refractivity contribution in [1.82, 2.24) is 15.1 Å². The molecular formula is C13H19N3O3S. The minimum Gasteiger partial charge on any atom is -0.480 e. The zero-order valence-corrected chi connectivity index (χ0v) is 12.1. The Morgan fingerprint density at radius 2 is 2.05 bits per heavy atom. The van der Waals surface area contributed by atoms with Gasteiger partial charge in [0.1, 0.15) is 0 Å². The number of aliphatic carboxylic acids is 1. The van der Waals surface area contributed by atoms with E-state index >= 15 is 0 Å². The van der Waals surface area contributed by atoms with E-state index in [1.165, 1.54) is 4.88 Å². The van der Waals surface area contributed by atoms with E-state index < -0.39 is 5.97 Å². The first-order chi connectivity index (χ1) is 9.65. The average molecular weight is 297 g/mol. The highest BCUT2D eigenvalue weighted by Crippen LogP contribution is 2.08. The molecule has 6 nitrogen and oxygen atoms in total. The number of carbonyl (C=O) groups excluding carboxylic acids is 1. The summed E-state index contributed by atoms with van der Waals surface area (Å²) < 4.78 is 0. The average Bonchev–Trinajstić information content (AvgIpc) is 2.92. The second kappa shape index (κ2) is 7.25. The first kappa shape index (κ1) is 14.8. The Balaban J connectivity index is 1.65. The monoisotopic (exact) mass is 297 g/mol. The molecule has 0 radical (unpaired) electrons. The van der Waals surface area contributed by atoms with Crippen molar-refractivity contribution in [2.45, 2.75) is 6.42 Å². The number of hydrogen-bond donors (Lipinski definition) is 2. The van der Waals surface area contributed by atoms with Gasteiger partial charge in [0.25, 0.3) is 0 Å². The molecule has 1 aliphatic heterocycles. The van der Waals surface area contributed by atoms with Crippen LogP contribution in [0.5, 0.6) is 0 Å². The van der Waals surface area contributed by atoms with Crippen LogP contribution in [0.4, 0.5) is 4.79 Å². The number of nitrogens with zero attached hydrogens (tertiary/aromatic N) is 2. The standard InChI is InChI=1S/C13H19N3O3S/c17-12(18)10-15-5-7-16(8-6-15)13(19)14-4-3-11-2-1-9-20-11/h1-2,9H,3-8,10H2,(H,14,19)(H,17,18). The van der Waals surface area contributed by atoms with Crippen LogP contribution >= 0.6 is 11.3 Å². The lowest BCUT2D eigenvalue weighted by atomic mass is 10.3. The minimum atomic E-state index is -0.821. The van der Waals surface area contributed by atoms with Crippen molar-refractivity contribution in [3.63, 3.8) is 0 Å². The summed E-state index contributed by atoms with van der Waals surface area (Å²) in [7, 11) is 0. The number of thiophene rings is 1. The van der Waals surface area contributed by atoms with Gasteiger partial charge in [-0.05, 0) is 17.9 Å². The van der Waals surface area contributed by atoms with E-state index in [2.05, 4.69) is 11.4 Å². The van der Waals surface area contributed by atoms with E-state index in [0.29, 0.717) is 32.7 Å². The Morgan fingerprint density at radius 3 is 2.65 bits per heavy atom. The molecule has 0 saturated carbocycles. The van der Waals surface area contributed by atoms with Gasteiger partial charge in [0.15, 0.2) is 0 Å². The predicted molar refractivity (Wildman–Crippen MR) is 77.1 cm³/mol. The van der Waals surface area contributed by atoms with Crippen LogP contribution in [-0.2, 0) is 11.2 Å². The third kappa shape index (κ3) is 4.50. The zero-order valence-electron chi connectivity index (χ0n) is 11.2. The molecule has 0 unspecified atom stereocenters. The molecule has 1 aliphatic rings. The topological polar surface area (TPSA) is 72.9 Å². The summed E-state index contributed by atoms with van der Waals surface area (Å²) >= 11 is 1.69. The normalized spacial score (nSPS) is 16.1. The van der Waals surface area contributed by atoms with Crippen molar-refractivity contribution >= 4 is 23.3 Å². The van der Waals surface area contributed by atoms with Crippen LogP contribution in [0.15, 0.2) is 17.5 Å². The molecule has 1 fully saturated rings. The number of amides is 2. The maximum Gasteiger partial charge on any atom is 0.317 e. The molecule has 2 N–H and O–H groups in total. The third-order valence-corrected chi connectivity index (χ3v) is 4.18. The number of nitrogens with one attached hydrogen (secondary N) is 1. The van der Waals surface area contributed by atoms with E-state index in [1.807, 2.05) is 16.3 Å². The van der Waals surface area contributed by atoms with Gasteiger partial charge in [0.2, 0.25) is 0 Å². The lowest BCUT2D eigenvalue weighted by molar-refractivity contribution is -0.138. The third-order valence-electron chi connectivity index (χ3n) is 3.25. The molecule has 20 heavy (non-hydrogen) atoms. The van der Waals surface area contributed by atoms with Crippen LogP contribution in [0.2, 0.25) is 0 Å². The highest BCUT2D eigenvalue weighted by atomic mass is 32.1. The highest BCUT2D eigenvalue weighted by Gasteiger charge is 2.21. The maximum atomic E-state index is 11.9. The number of hydrogen-bond acceptors (Lipinski definition) is 4. The SMILES string of the molecule is O=C(O)CN1CCN(C(=O)NCCc2cccs2)CC1. The van der Waals surface area contributed by atoms with Crippen molar-refractivity contribution in [3.05, 3.63) is 22.4 Å². The summed E-state index contributed by atoms with van der Waals surface area (Å²) in [5, 5.41) is 13.6. The molecule has 0 spiro atoms. The molecule has 0 aromatic carbocycles. The van der Waals surface area contributed by atoms with Crippen molar-refractivity contribution in [1.29, 1.82) is 0 Å². The van der Waals surface area contributed by atoms with E-state index in [0.717, 1.165) is 6.42 Å². The van der Waals surface area contributed by atoms with Crippen LogP contribution in [0.25, 0.3) is 0 Å². The molecule has 1 saturated heterocycles. The van der Waals surface area contributed by atoms with Crippen molar-refractivity contribution in [2.24, 2.45) is 0 Å². The van der Waals surface area contributed by atoms with Gasteiger partial charge in [-0.2, -0.15) is 0 Å². The molecule has 7 heteroatoms. The fourth-order valence-corrected chi connectivity index (χ4v) is 2.87. The quantitative estimate of drug-likeness (QED) is 0.839. The Labute approximate surface area is 122 Å². The van der Waals surface area contributed by atoms with Gasteiger partial charge in [-0.15, -0.1) is 11.3 Å². The van der Waals surface area contributed by atoms with E-state index in [1.54, 1.807) is 16.2 Å². The summed E-state index contributed by atoms with van der Waals surface area (Å²) in [4.78, 5) is 27.4. The fourth-order valence-electron chi connectivity index (χ4n) is 2.16. The first-order valence-electron chi connectivity index (χ1n) is 6.64. The second-order valence-electron chi connectivity index (χ2n) is 4.72. The summed E-state index contributed by atoms with van der Waals surface area (Å²) in [5.41, 5.74) is 0. The first-order valence-corrected chi connectivity index (χ1v) is 7.52. The maximum absolute atomic E-state index is 11.9. The van der Waals surface area contributed by atoms with E-state index in [4.69, 9.17) is 5.11 Å². The Hall–Kier alpha value is -1.60. The van der Waals surface area contributed by atoms with Crippen molar-refractivity contribution < 1.29 is 14.7 Å². The molecule has 0 aliphatic carbocycles. The number of piperazine rings is 1. The lowest BCUT2D eigenvalue weighted by Gasteiger charge is -2.33. The minimum absolute atomic E-state index is 0.0494. The molecule has 2 heterocycles. The van der Waals surface area contributed by atoms with Crippen LogP contribution in [0.3, 0.4) is 0 Å². The van der Waals surface area contributed by atoms with Gasteiger partial charge >= 0.3 is 12.0 Å². The highest BCUT2D eigenvalue weighted by molar-refractivity contribution is 7.09. The van der Waals surface area contributed by atoms with Gasteiger partial charge in [-0.25, -0.2) is 4.79 Å². The van der Waals surface area contributed by atoms with Crippen LogP contribution < -0.4 is 5.32 Å². The number of carboxylic acid groups (broad SMARTS) is 1. The van der Waals surface area contributed by atoms with Crippen molar-refractivity contribution in [3.8, 4) is 0 Å². The Morgan fingerprint density at radius 1 is 1.30 bits per heavy atom. The van der Waals surface area contributed by atoms with Crippen LogP contribution in [0.1, 0.15) is 4.88 Å². The van der Waals surface area contributed by atoms with Crippen molar-refractivity contribution in [2.75, 3.05) is 39.3 Å². The molecule has 2 rings (SSSR count). The molecular weight excluding hydrogens is 278 g/mol. The summed E-state index contributed by atoms with van der Waals surface area (Å²) in [6, 6.07) is 4.00. The summed E-state index contributed by atoms with van der Waals surface area (Å²) in [6.45, 7) is 3.08. The molecule has 1 aromatic rings. The predicted octanol–water partition coefficient (Wildman–Crippen LogP) is 0.702. The smallest absolute Gasteiger partial charge is 0.317 e. The van der Waals surface area contributed by atoms with E-state index in [-0.39, 0.29) is 12.6 Å². The van der Waals surface area contributed by atoms with Gasteiger partial charge < -0.3 is 15.3 Å². The van der Waals surface area contributed by atoms with Crippen LogP contribution in [0, 0.1) is 0 Å². The van der Waals surface area contributed by atoms with E-state index in [9.17, 15) is 9.59 Å². The number of rotatable bonds is 5. The molecule has 2 amide bonds. The molecule has 0 bridgehead atoms. The number of carboxylic acids is 1. The van der Waals surface area contributed by atoms with Crippen LogP contribution in [-0.4, -0.2) is 66.2 Å². The summed E-state index contributed by atoms with van der Waals surface area (Å²) in [6.07, 6.45) is 0.850.